The van der Waals surface area contributed by atoms with Crippen LogP contribution < -0.4 is 16.6 Å². The fourth-order valence-electron chi connectivity index (χ4n) is 1.99. The number of nitrogen functional groups attached to an aromatic ring is 1. The molecule has 1 atom stereocenters. The number of carbonyl (C=O) groups excluding carboxylic acids is 2. The SMILES string of the molecule is CNC(=O)C1COCCN1Cc1csc(C(=O)NN)n1. The molecule has 0 aromatic carbocycles. The van der Waals surface area contributed by atoms with E-state index < -0.39 is 5.91 Å². The lowest BCUT2D eigenvalue weighted by atomic mass is 10.2. The zero-order valence-electron chi connectivity index (χ0n) is 11.1. The molecule has 20 heavy (non-hydrogen) atoms. The predicted molar refractivity (Wildman–Crippen MR) is 72.9 cm³/mol. The first-order valence-corrected chi connectivity index (χ1v) is 7.02. The van der Waals surface area contributed by atoms with Gasteiger partial charge in [-0.1, -0.05) is 0 Å². The molecule has 8 nitrogen and oxygen atoms in total. The summed E-state index contributed by atoms with van der Waals surface area (Å²) in [7, 11) is 1.60. The number of morpholine rings is 1. The molecule has 0 radical (unpaired) electrons. The van der Waals surface area contributed by atoms with E-state index in [1.807, 2.05) is 10.3 Å². The van der Waals surface area contributed by atoms with E-state index in [4.69, 9.17) is 10.6 Å². The van der Waals surface area contributed by atoms with Crippen molar-refractivity contribution in [3.05, 3.63) is 16.1 Å². The van der Waals surface area contributed by atoms with E-state index in [1.165, 1.54) is 11.3 Å². The highest BCUT2D eigenvalue weighted by molar-refractivity contribution is 7.11. The van der Waals surface area contributed by atoms with Crippen molar-refractivity contribution >= 4 is 23.2 Å². The third-order valence-electron chi connectivity index (χ3n) is 3.03. The molecule has 0 spiro atoms. The molecule has 0 bridgehead atoms. The summed E-state index contributed by atoms with van der Waals surface area (Å²) in [5.41, 5.74) is 2.79. The van der Waals surface area contributed by atoms with E-state index in [1.54, 1.807) is 12.4 Å². The highest BCUT2D eigenvalue weighted by Gasteiger charge is 2.29. The zero-order valence-corrected chi connectivity index (χ0v) is 11.9. The van der Waals surface area contributed by atoms with Gasteiger partial charge >= 0.3 is 0 Å². The number of amides is 2. The molecule has 1 aromatic rings. The Morgan fingerprint density at radius 1 is 1.65 bits per heavy atom. The molecule has 2 rings (SSSR count). The molecule has 1 fully saturated rings. The van der Waals surface area contributed by atoms with Gasteiger partial charge in [-0.25, -0.2) is 10.8 Å². The van der Waals surface area contributed by atoms with Crippen LogP contribution in [0.2, 0.25) is 0 Å². The number of hydrazine groups is 1. The number of nitrogens with one attached hydrogen (secondary N) is 2. The van der Waals surface area contributed by atoms with Gasteiger partial charge in [-0.3, -0.25) is 19.9 Å². The molecular formula is C11H17N5O3S. The van der Waals surface area contributed by atoms with Gasteiger partial charge in [0.2, 0.25) is 5.91 Å². The second kappa shape index (κ2) is 6.75. The Balaban J connectivity index is 2.05. The Kier molecular flexibility index (Phi) is 5.01. The average molecular weight is 299 g/mol. The molecule has 1 saturated heterocycles. The first-order valence-electron chi connectivity index (χ1n) is 6.14. The molecule has 2 heterocycles. The van der Waals surface area contributed by atoms with Crippen LogP contribution in [0.1, 0.15) is 15.5 Å². The number of nitrogens with two attached hydrogens (primary N) is 1. The van der Waals surface area contributed by atoms with Gasteiger partial charge in [0.25, 0.3) is 5.91 Å². The van der Waals surface area contributed by atoms with E-state index >= 15 is 0 Å². The van der Waals surface area contributed by atoms with Crippen molar-refractivity contribution in [3.63, 3.8) is 0 Å². The summed E-state index contributed by atoms with van der Waals surface area (Å²) < 4.78 is 5.33. The van der Waals surface area contributed by atoms with Crippen molar-refractivity contribution in [3.8, 4) is 0 Å². The smallest absolute Gasteiger partial charge is 0.294 e. The number of hydrogen-bond donors (Lipinski definition) is 3. The van der Waals surface area contributed by atoms with Gasteiger partial charge in [0, 0.05) is 25.5 Å². The molecular weight excluding hydrogens is 282 g/mol. The molecule has 2 amide bonds. The second-order valence-corrected chi connectivity index (χ2v) is 5.15. The highest BCUT2D eigenvalue weighted by atomic mass is 32.1. The molecule has 1 aliphatic heterocycles. The zero-order chi connectivity index (χ0) is 14.5. The van der Waals surface area contributed by atoms with E-state index in [2.05, 4.69) is 10.3 Å². The highest BCUT2D eigenvalue weighted by Crippen LogP contribution is 2.15. The molecule has 9 heteroatoms. The number of aromatic nitrogens is 1. The van der Waals surface area contributed by atoms with E-state index in [-0.39, 0.29) is 11.9 Å². The summed E-state index contributed by atoms with van der Waals surface area (Å²) in [5, 5.41) is 4.73. The maximum absolute atomic E-state index is 11.8. The minimum atomic E-state index is -0.411. The van der Waals surface area contributed by atoms with E-state index in [9.17, 15) is 9.59 Å². The first-order chi connectivity index (χ1) is 9.65. The standard InChI is InChI=1S/C11H17N5O3S/c1-13-9(17)8-5-19-3-2-16(8)4-7-6-20-11(14-7)10(18)15-12/h6,8H,2-5,12H2,1H3,(H,13,17)(H,15,18). The third kappa shape index (κ3) is 3.31. The van der Waals surface area contributed by atoms with Gasteiger partial charge in [-0.15, -0.1) is 11.3 Å². The number of thiazole rings is 1. The van der Waals surface area contributed by atoms with Crippen LogP contribution in [0.5, 0.6) is 0 Å². The van der Waals surface area contributed by atoms with Crippen LogP contribution in [0.25, 0.3) is 0 Å². The maximum Gasteiger partial charge on any atom is 0.294 e. The normalized spacial score (nSPS) is 19.6. The lowest BCUT2D eigenvalue weighted by molar-refractivity contribution is -0.132. The molecule has 1 unspecified atom stereocenters. The van der Waals surface area contributed by atoms with Gasteiger partial charge in [0.05, 0.1) is 18.9 Å². The lowest BCUT2D eigenvalue weighted by Crippen LogP contribution is -2.52. The van der Waals surface area contributed by atoms with Gasteiger partial charge in [0.1, 0.15) is 6.04 Å². The van der Waals surface area contributed by atoms with Gasteiger partial charge in [-0.05, 0) is 0 Å². The number of likely N-dealkylation sites (N-methyl/N-ethyl adjacent to an activating group) is 1. The topological polar surface area (TPSA) is 110 Å². The quantitative estimate of drug-likeness (QED) is 0.362. The summed E-state index contributed by atoms with van der Waals surface area (Å²) in [6.07, 6.45) is 0. The minimum absolute atomic E-state index is 0.0835. The Labute approximate surface area is 120 Å². The fraction of sp³-hybridized carbons (Fsp3) is 0.545. The van der Waals surface area contributed by atoms with Crippen LogP contribution in [0, 0.1) is 0 Å². The van der Waals surface area contributed by atoms with Crippen LogP contribution in [0.4, 0.5) is 0 Å². The van der Waals surface area contributed by atoms with E-state index in [0.29, 0.717) is 31.3 Å². The number of ether oxygens (including phenoxy) is 1. The van der Waals surface area contributed by atoms with Gasteiger partial charge in [-0.2, -0.15) is 0 Å². The Bertz CT molecular complexity index is 492. The van der Waals surface area contributed by atoms with Crippen molar-refractivity contribution in [2.24, 2.45) is 5.84 Å². The lowest BCUT2D eigenvalue weighted by Gasteiger charge is -2.33. The van der Waals surface area contributed by atoms with Crippen molar-refractivity contribution in [1.29, 1.82) is 0 Å². The average Bonchev–Trinajstić information content (AvgIpc) is 2.94. The van der Waals surface area contributed by atoms with Crippen LogP contribution >= 0.6 is 11.3 Å². The maximum atomic E-state index is 11.8. The summed E-state index contributed by atoms with van der Waals surface area (Å²) >= 11 is 1.22. The molecule has 0 saturated carbocycles. The predicted octanol–water partition coefficient (Wildman–Crippen LogP) is -1.31. The summed E-state index contributed by atoms with van der Waals surface area (Å²) in [4.78, 5) is 29.3. The summed E-state index contributed by atoms with van der Waals surface area (Å²) in [5.74, 6) is 4.57. The molecule has 110 valence electrons. The number of rotatable bonds is 4. The monoisotopic (exact) mass is 299 g/mol. The largest absolute Gasteiger partial charge is 0.378 e. The van der Waals surface area contributed by atoms with Crippen LogP contribution in [0.15, 0.2) is 5.38 Å². The Morgan fingerprint density at radius 3 is 3.15 bits per heavy atom. The molecule has 1 aromatic heterocycles. The number of carbonyl (C=O) groups is 2. The first kappa shape index (κ1) is 14.9. The Morgan fingerprint density at radius 2 is 2.45 bits per heavy atom. The van der Waals surface area contributed by atoms with Gasteiger partial charge in [0.15, 0.2) is 5.01 Å². The third-order valence-corrected chi connectivity index (χ3v) is 3.92. The van der Waals surface area contributed by atoms with Crippen LogP contribution in [-0.4, -0.2) is 54.5 Å². The van der Waals surface area contributed by atoms with Crippen molar-refractivity contribution in [2.45, 2.75) is 12.6 Å². The van der Waals surface area contributed by atoms with Crippen molar-refractivity contribution in [2.75, 3.05) is 26.8 Å². The molecule has 4 N–H and O–H groups in total. The van der Waals surface area contributed by atoms with Crippen molar-refractivity contribution < 1.29 is 14.3 Å². The minimum Gasteiger partial charge on any atom is -0.378 e. The summed E-state index contributed by atoms with van der Waals surface area (Å²) in [6, 6.07) is -0.331. The summed E-state index contributed by atoms with van der Waals surface area (Å²) in [6.45, 7) is 2.08. The molecule has 1 aliphatic rings. The number of hydrogen-bond acceptors (Lipinski definition) is 7. The van der Waals surface area contributed by atoms with E-state index in [0.717, 1.165) is 5.69 Å². The van der Waals surface area contributed by atoms with Crippen molar-refractivity contribution in [1.82, 2.24) is 20.6 Å². The second-order valence-electron chi connectivity index (χ2n) is 4.29. The van der Waals surface area contributed by atoms with Crippen LogP contribution in [0.3, 0.4) is 0 Å². The van der Waals surface area contributed by atoms with Crippen LogP contribution in [-0.2, 0) is 16.1 Å². The Hall–Kier alpha value is -1.55. The van der Waals surface area contributed by atoms with Gasteiger partial charge < -0.3 is 10.1 Å². The number of nitrogens with zero attached hydrogens (tertiary/aromatic N) is 2. The molecule has 0 aliphatic carbocycles. The fourth-order valence-corrected chi connectivity index (χ4v) is 2.70.